The second kappa shape index (κ2) is 9.78. The average Bonchev–Trinajstić information content (AvgIpc) is 3.07. The molecule has 2 N–H and O–H groups in total. The van der Waals surface area contributed by atoms with Crippen LogP contribution in [0.5, 0.6) is 11.6 Å². The lowest BCUT2D eigenvalue weighted by Gasteiger charge is -2.12. The van der Waals surface area contributed by atoms with E-state index < -0.39 is 10.0 Å². The minimum Gasteiger partial charge on any atom is -0.439 e. The summed E-state index contributed by atoms with van der Waals surface area (Å²) in [5.74, 6) is 1.15. The number of hydrogen-bond acceptors (Lipinski definition) is 7. The molecular formula is C25H26N6O4S. The zero-order chi connectivity index (χ0) is 26.0. The molecule has 0 radical (unpaired) electrons. The first-order valence-corrected chi connectivity index (χ1v) is 12.6. The third kappa shape index (κ3) is 5.36. The number of carbonyl (C=O) groups excluding carboxylic acids is 1. The van der Waals surface area contributed by atoms with Crippen LogP contribution in [0.25, 0.3) is 5.82 Å². The number of anilines is 2. The lowest BCUT2D eigenvalue weighted by atomic mass is 10.2. The molecule has 2 aromatic carbocycles. The third-order valence-electron chi connectivity index (χ3n) is 5.61. The highest BCUT2D eigenvalue weighted by Crippen LogP contribution is 2.26. The molecule has 0 aliphatic carbocycles. The zero-order valence-electron chi connectivity index (χ0n) is 20.5. The van der Waals surface area contributed by atoms with E-state index in [1.807, 2.05) is 20.8 Å². The summed E-state index contributed by atoms with van der Waals surface area (Å²) in [6.45, 7) is 8.97. The maximum atomic E-state index is 12.9. The number of aromatic nitrogens is 4. The number of aryl methyl sites for hydroxylation is 2. The van der Waals surface area contributed by atoms with Crippen LogP contribution in [0, 0.1) is 27.7 Å². The van der Waals surface area contributed by atoms with Gasteiger partial charge in [0, 0.05) is 30.1 Å². The van der Waals surface area contributed by atoms with E-state index in [1.165, 1.54) is 19.3 Å². The molecule has 4 aromatic rings. The van der Waals surface area contributed by atoms with Crippen LogP contribution in [0.15, 0.2) is 59.8 Å². The van der Waals surface area contributed by atoms with Gasteiger partial charge in [-0.05, 0) is 81.3 Å². The first-order valence-electron chi connectivity index (χ1n) is 11.1. The van der Waals surface area contributed by atoms with Crippen molar-refractivity contribution in [3.05, 3.63) is 77.4 Å². The number of benzene rings is 2. The molecule has 2 aromatic heterocycles. The van der Waals surface area contributed by atoms with E-state index in [1.54, 1.807) is 54.1 Å². The van der Waals surface area contributed by atoms with Gasteiger partial charge < -0.3 is 10.1 Å². The van der Waals surface area contributed by atoms with Gasteiger partial charge in [0.25, 0.3) is 10.0 Å². The van der Waals surface area contributed by atoms with Gasteiger partial charge in [0.1, 0.15) is 12.1 Å². The van der Waals surface area contributed by atoms with Crippen molar-refractivity contribution in [2.24, 2.45) is 0 Å². The van der Waals surface area contributed by atoms with Crippen molar-refractivity contribution in [3.8, 4) is 17.4 Å². The largest absolute Gasteiger partial charge is 0.439 e. The molecule has 0 unspecified atom stereocenters. The van der Waals surface area contributed by atoms with E-state index in [-0.39, 0.29) is 10.8 Å². The minimum absolute atomic E-state index is 0.116. The highest BCUT2D eigenvalue weighted by molar-refractivity contribution is 7.92. The van der Waals surface area contributed by atoms with Crippen LogP contribution >= 0.6 is 0 Å². The fourth-order valence-corrected chi connectivity index (χ4v) is 4.89. The Labute approximate surface area is 209 Å². The monoisotopic (exact) mass is 506 g/mol. The fraction of sp³-hybridized carbons (Fsp3) is 0.200. The van der Waals surface area contributed by atoms with Gasteiger partial charge in [0.15, 0.2) is 5.82 Å². The van der Waals surface area contributed by atoms with E-state index in [4.69, 9.17) is 4.74 Å². The maximum absolute atomic E-state index is 12.9. The summed E-state index contributed by atoms with van der Waals surface area (Å²) in [4.78, 5) is 19.8. The zero-order valence-corrected chi connectivity index (χ0v) is 21.3. The number of ether oxygens (including phenoxy) is 1. The van der Waals surface area contributed by atoms with Crippen molar-refractivity contribution in [2.45, 2.75) is 39.5 Å². The van der Waals surface area contributed by atoms with Crippen LogP contribution in [0.3, 0.4) is 0 Å². The molecule has 2 heterocycles. The molecule has 0 spiro atoms. The number of nitrogens with zero attached hydrogens (tertiary/aromatic N) is 4. The predicted molar refractivity (Wildman–Crippen MR) is 136 cm³/mol. The van der Waals surface area contributed by atoms with Crippen molar-refractivity contribution in [2.75, 3.05) is 10.0 Å². The van der Waals surface area contributed by atoms with Gasteiger partial charge in [0.2, 0.25) is 11.8 Å². The van der Waals surface area contributed by atoms with E-state index in [9.17, 15) is 13.2 Å². The highest BCUT2D eigenvalue weighted by Gasteiger charge is 2.18. The maximum Gasteiger partial charge on any atom is 0.262 e. The minimum atomic E-state index is -3.84. The number of carbonyl (C=O) groups is 1. The summed E-state index contributed by atoms with van der Waals surface area (Å²) >= 11 is 0. The third-order valence-corrected chi connectivity index (χ3v) is 7.15. The van der Waals surface area contributed by atoms with Crippen molar-refractivity contribution >= 4 is 27.3 Å². The lowest BCUT2D eigenvalue weighted by molar-refractivity contribution is -0.114. The second-order valence-corrected chi connectivity index (χ2v) is 9.97. The van der Waals surface area contributed by atoms with Gasteiger partial charge in [-0.2, -0.15) is 5.10 Å². The van der Waals surface area contributed by atoms with Crippen LogP contribution in [-0.4, -0.2) is 34.1 Å². The standard InChI is InChI=1S/C25H26N6O4S/c1-15-12-21(28-19(5)32)8-11-23(15)36(33,34)30-20-6-9-22(10-7-20)35-25-13-24(26-14-27-25)31-18(4)16(2)17(3)29-31/h6-14,30H,1-5H3,(H,28,32). The molecule has 0 fully saturated rings. The summed E-state index contributed by atoms with van der Waals surface area (Å²) in [7, 11) is -3.84. The smallest absolute Gasteiger partial charge is 0.262 e. The number of hydrogen-bond donors (Lipinski definition) is 2. The van der Waals surface area contributed by atoms with E-state index >= 15 is 0 Å². The summed E-state index contributed by atoms with van der Waals surface area (Å²) in [5, 5.41) is 7.15. The Morgan fingerprint density at radius 1 is 0.944 bits per heavy atom. The van der Waals surface area contributed by atoms with Crippen molar-refractivity contribution < 1.29 is 17.9 Å². The van der Waals surface area contributed by atoms with Crippen molar-refractivity contribution in [1.29, 1.82) is 0 Å². The fourth-order valence-electron chi connectivity index (χ4n) is 3.60. The van der Waals surface area contributed by atoms with Crippen LogP contribution in [0.4, 0.5) is 11.4 Å². The van der Waals surface area contributed by atoms with Crippen LogP contribution in [0.2, 0.25) is 0 Å². The van der Waals surface area contributed by atoms with E-state index in [0.717, 1.165) is 17.0 Å². The Morgan fingerprint density at radius 2 is 1.64 bits per heavy atom. The molecule has 4 rings (SSSR count). The molecule has 11 heteroatoms. The molecule has 36 heavy (non-hydrogen) atoms. The molecular weight excluding hydrogens is 480 g/mol. The van der Waals surface area contributed by atoms with Crippen molar-refractivity contribution in [1.82, 2.24) is 19.7 Å². The Hall–Kier alpha value is -4.25. The Balaban J connectivity index is 1.48. The molecule has 0 aliphatic rings. The Kier molecular flexibility index (Phi) is 6.75. The second-order valence-electron chi connectivity index (χ2n) is 8.32. The molecule has 0 saturated carbocycles. The molecule has 0 saturated heterocycles. The average molecular weight is 507 g/mol. The number of rotatable bonds is 7. The lowest BCUT2D eigenvalue weighted by Crippen LogP contribution is -2.14. The first-order chi connectivity index (χ1) is 17.0. The molecule has 0 aliphatic heterocycles. The molecule has 186 valence electrons. The first kappa shape index (κ1) is 24.9. The van der Waals surface area contributed by atoms with Gasteiger partial charge in [0.05, 0.1) is 10.6 Å². The van der Waals surface area contributed by atoms with Gasteiger partial charge in [-0.25, -0.2) is 23.1 Å². The summed E-state index contributed by atoms with van der Waals surface area (Å²) in [6.07, 6.45) is 1.40. The number of nitrogens with one attached hydrogen (secondary N) is 2. The van der Waals surface area contributed by atoms with Gasteiger partial charge in [-0.3, -0.25) is 9.52 Å². The van der Waals surface area contributed by atoms with Crippen molar-refractivity contribution in [3.63, 3.8) is 0 Å². The SMILES string of the molecule is CC(=O)Nc1ccc(S(=O)(=O)Nc2ccc(Oc3cc(-n4nc(C)c(C)c4C)ncn3)cc2)c(C)c1. The summed E-state index contributed by atoms with van der Waals surface area (Å²) < 4.78 is 36.0. The number of sulfonamides is 1. The van der Waals surface area contributed by atoms with E-state index in [2.05, 4.69) is 25.1 Å². The Morgan fingerprint density at radius 3 is 2.25 bits per heavy atom. The molecule has 0 atom stereocenters. The normalized spacial score (nSPS) is 11.2. The van der Waals surface area contributed by atoms with E-state index in [0.29, 0.717) is 34.4 Å². The van der Waals surface area contributed by atoms with Crippen LogP contribution in [-0.2, 0) is 14.8 Å². The van der Waals surface area contributed by atoms with Gasteiger partial charge in [-0.15, -0.1) is 0 Å². The van der Waals surface area contributed by atoms with Gasteiger partial charge >= 0.3 is 0 Å². The predicted octanol–water partition coefficient (Wildman–Crippen LogP) is 4.45. The molecule has 0 bridgehead atoms. The highest BCUT2D eigenvalue weighted by atomic mass is 32.2. The topological polar surface area (TPSA) is 128 Å². The van der Waals surface area contributed by atoms with Gasteiger partial charge in [-0.1, -0.05) is 0 Å². The number of amides is 1. The Bertz CT molecular complexity index is 1550. The molecule has 1 amide bonds. The summed E-state index contributed by atoms with van der Waals surface area (Å²) in [5.41, 5.74) is 4.40. The summed E-state index contributed by atoms with van der Waals surface area (Å²) in [6, 6.07) is 12.8. The quantitative estimate of drug-likeness (QED) is 0.379. The van der Waals surface area contributed by atoms with Crippen LogP contribution in [0.1, 0.15) is 29.4 Å². The molecule has 10 nitrogen and oxygen atoms in total. The van der Waals surface area contributed by atoms with Crippen LogP contribution < -0.4 is 14.8 Å².